The Labute approximate surface area is 139 Å². The molecule has 0 saturated carbocycles. The predicted octanol–water partition coefficient (Wildman–Crippen LogP) is 0.938. The molecule has 124 valence electrons. The molecule has 1 aliphatic carbocycles. The molecule has 6 nitrogen and oxygen atoms in total. The number of para-hydroxylation sites is 1. The first-order chi connectivity index (χ1) is 11.6. The standard InChI is InChI=1S/C18H19N3O3/c19-18(24)12-5-1-3-7-14(12)20-17(23)11-21-10-9-16(22)13-6-2-4-8-15(13)21/h1-4,6,8-10,12,14H,5,7,11H2,(H2,19,24)(H,20,23)/t12-,14-/m1/s1. The Bertz CT molecular complexity index is 869. The Morgan fingerprint density at radius 1 is 1.17 bits per heavy atom. The number of aromatic nitrogens is 1. The van der Waals surface area contributed by atoms with Gasteiger partial charge in [0.2, 0.25) is 11.8 Å². The summed E-state index contributed by atoms with van der Waals surface area (Å²) in [6.45, 7) is 0.0759. The first kappa shape index (κ1) is 16.0. The zero-order chi connectivity index (χ0) is 17.1. The van der Waals surface area contributed by atoms with Gasteiger partial charge in [0.25, 0.3) is 0 Å². The highest BCUT2D eigenvalue weighted by atomic mass is 16.2. The van der Waals surface area contributed by atoms with Crippen molar-refractivity contribution in [3.05, 3.63) is 58.9 Å². The van der Waals surface area contributed by atoms with Gasteiger partial charge in [0.15, 0.2) is 5.43 Å². The van der Waals surface area contributed by atoms with Crippen molar-refractivity contribution in [2.24, 2.45) is 11.7 Å². The summed E-state index contributed by atoms with van der Waals surface area (Å²) in [6.07, 6.45) is 6.59. The summed E-state index contributed by atoms with van der Waals surface area (Å²) in [5.74, 6) is -1.00. The predicted molar refractivity (Wildman–Crippen MR) is 91.2 cm³/mol. The monoisotopic (exact) mass is 325 g/mol. The third-order valence-electron chi connectivity index (χ3n) is 4.34. The molecule has 0 saturated heterocycles. The lowest BCUT2D eigenvalue weighted by atomic mass is 9.88. The minimum Gasteiger partial charge on any atom is -0.369 e. The SMILES string of the molecule is NC(=O)[C@@H]1CC=CC[C@H]1NC(=O)Cn1ccc(=O)c2ccccc21. The van der Waals surface area contributed by atoms with Crippen molar-refractivity contribution < 1.29 is 9.59 Å². The summed E-state index contributed by atoms with van der Waals surface area (Å²) in [4.78, 5) is 35.8. The zero-order valence-corrected chi connectivity index (χ0v) is 13.1. The minimum absolute atomic E-state index is 0.0755. The topological polar surface area (TPSA) is 94.2 Å². The average molecular weight is 325 g/mol. The lowest BCUT2D eigenvalue weighted by Gasteiger charge is -2.27. The summed E-state index contributed by atoms with van der Waals surface area (Å²) >= 11 is 0. The largest absolute Gasteiger partial charge is 0.369 e. The van der Waals surface area contributed by atoms with Crippen molar-refractivity contribution in [3.63, 3.8) is 0 Å². The molecule has 2 atom stereocenters. The van der Waals surface area contributed by atoms with E-state index in [9.17, 15) is 14.4 Å². The summed E-state index contributed by atoms with van der Waals surface area (Å²) < 4.78 is 1.73. The van der Waals surface area contributed by atoms with E-state index in [0.29, 0.717) is 23.7 Å². The summed E-state index contributed by atoms with van der Waals surface area (Å²) in [5.41, 5.74) is 6.04. The van der Waals surface area contributed by atoms with Gasteiger partial charge in [-0.15, -0.1) is 0 Å². The van der Waals surface area contributed by atoms with E-state index in [1.54, 1.807) is 29.0 Å². The number of pyridine rings is 1. The molecule has 3 rings (SSSR count). The van der Waals surface area contributed by atoms with Gasteiger partial charge in [0.05, 0.1) is 11.4 Å². The number of carbonyl (C=O) groups is 2. The van der Waals surface area contributed by atoms with Crippen LogP contribution in [-0.4, -0.2) is 22.4 Å². The van der Waals surface area contributed by atoms with Crippen molar-refractivity contribution in [2.45, 2.75) is 25.4 Å². The number of hydrogen-bond acceptors (Lipinski definition) is 3. The molecular weight excluding hydrogens is 306 g/mol. The van der Waals surface area contributed by atoms with Gasteiger partial charge < -0.3 is 15.6 Å². The number of rotatable bonds is 4. The van der Waals surface area contributed by atoms with Crippen LogP contribution in [0, 0.1) is 5.92 Å². The molecule has 6 heteroatoms. The minimum atomic E-state index is -0.404. The number of nitrogens with two attached hydrogens (primary N) is 1. The Morgan fingerprint density at radius 3 is 2.71 bits per heavy atom. The zero-order valence-electron chi connectivity index (χ0n) is 13.1. The summed E-state index contributed by atoms with van der Waals surface area (Å²) in [7, 11) is 0. The van der Waals surface area contributed by atoms with Crippen LogP contribution in [0.25, 0.3) is 10.9 Å². The van der Waals surface area contributed by atoms with Crippen LogP contribution in [0.5, 0.6) is 0 Å². The number of nitrogens with zero attached hydrogens (tertiary/aromatic N) is 1. The van der Waals surface area contributed by atoms with E-state index in [-0.39, 0.29) is 29.8 Å². The molecule has 0 spiro atoms. The maximum Gasteiger partial charge on any atom is 0.240 e. The summed E-state index contributed by atoms with van der Waals surface area (Å²) in [6, 6.07) is 8.32. The Hall–Kier alpha value is -2.89. The molecule has 1 heterocycles. The van der Waals surface area contributed by atoms with Crippen molar-refractivity contribution in [3.8, 4) is 0 Å². The molecule has 0 aliphatic heterocycles. The Kier molecular flexibility index (Phi) is 4.46. The van der Waals surface area contributed by atoms with E-state index in [1.165, 1.54) is 6.07 Å². The first-order valence-electron chi connectivity index (χ1n) is 7.88. The van der Waals surface area contributed by atoms with Crippen molar-refractivity contribution in [1.29, 1.82) is 0 Å². The Morgan fingerprint density at radius 2 is 1.92 bits per heavy atom. The lowest BCUT2D eigenvalue weighted by Crippen LogP contribution is -2.47. The van der Waals surface area contributed by atoms with Gasteiger partial charge >= 0.3 is 0 Å². The number of benzene rings is 1. The van der Waals surface area contributed by atoms with Crippen molar-refractivity contribution in [2.75, 3.05) is 0 Å². The molecule has 2 amide bonds. The van der Waals surface area contributed by atoms with E-state index in [0.717, 1.165) is 0 Å². The first-order valence-corrected chi connectivity index (χ1v) is 7.88. The molecular formula is C18H19N3O3. The van der Waals surface area contributed by atoms with Gasteiger partial charge in [-0.25, -0.2) is 0 Å². The van der Waals surface area contributed by atoms with Crippen LogP contribution in [-0.2, 0) is 16.1 Å². The molecule has 0 fully saturated rings. The van der Waals surface area contributed by atoms with Crippen LogP contribution >= 0.6 is 0 Å². The fourth-order valence-electron chi connectivity index (χ4n) is 3.09. The molecule has 1 aromatic heterocycles. The van der Waals surface area contributed by atoms with Crippen molar-refractivity contribution >= 4 is 22.7 Å². The van der Waals surface area contributed by atoms with Gasteiger partial charge in [-0.1, -0.05) is 24.3 Å². The maximum atomic E-state index is 12.4. The molecule has 0 radical (unpaired) electrons. The third-order valence-corrected chi connectivity index (χ3v) is 4.34. The number of amides is 2. The van der Waals surface area contributed by atoms with E-state index in [4.69, 9.17) is 5.73 Å². The highest BCUT2D eigenvalue weighted by molar-refractivity contribution is 5.83. The van der Waals surface area contributed by atoms with E-state index in [2.05, 4.69) is 5.32 Å². The Balaban J connectivity index is 1.78. The second-order valence-electron chi connectivity index (χ2n) is 5.95. The van der Waals surface area contributed by atoms with Gasteiger partial charge in [-0.05, 0) is 25.0 Å². The quantitative estimate of drug-likeness (QED) is 0.819. The smallest absolute Gasteiger partial charge is 0.240 e. The molecule has 24 heavy (non-hydrogen) atoms. The van der Waals surface area contributed by atoms with Crippen LogP contribution < -0.4 is 16.5 Å². The molecule has 3 N–H and O–H groups in total. The molecule has 1 aliphatic rings. The number of primary amides is 1. The molecule has 0 unspecified atom stereocenters. The highest BCUT2D eigenvalue weighted by Gasteiger charge is 2.28. The van der Waals surface area contributed by atoms with Crippen LogP contribution in [0.1, 0.15) is 12.8 Å². The number of fused-ring (bicyclic) bond motifs is 1. The second-order valence-corrected chi connectivity index (χ2v) is 5.95. The highest BCUT2D eigenvalue weighted by Crippen LogP contribution is 2.19. The van der Waals surface area contributed by atoms with Crippen LogP contribution in [0.2, 0.25) is 0 Å². The van der Waals surface area contributed by atoms with Gasteiger partial charge in [-0.2, -0.15) is 0 Å². The fourth-order valence-corrected chi connectivity index (χ4v) is 3.09. The third kappa shape index (κ3) is 3.22. The average Bonchev–Trinajstić information content (AvgIpc) is 2.58. The van der Waals surface area contributed by atoms with Crippen molar-refractivity contribution in [1.82, 2.24) is 9.88 Å². The normalized spacial score (nSPS) is 20.0. The van der Waals surface area contributed by atoms with Gasteiger partial charge in [0.1, 0.15) is 6.54 Å². The number of hydrogen-bond donors (Lipinski definition) is 2. The lowest BCUT2D eigenvalue weighted by molar-refractivity contribution is -0.125. The number of carbonyl (C=O) groups excluding carboxylic acids is 2. The number of allylic oxidation sites excluding steroid dienone is 1. The molecule has 1 aromatic carbocycles. The van der Waals surface area contributed by atoms with Crippen LogP contribution in [0.3, 0.4) is 0 Å². The molecule has 0 bridgehead atoms. The fraction of sp³-hybridized carbons (Fsp3) is 0.278. The maximum absolute atomic E-state index is 12.4. The molecule has 2 aromatic rings. The van der Waals surface area contributed by atoms with E-state index >= 15 is 0 Å². The van der Waals surface area contributed by atoms with Crippen LogP contribution in [0.15, 0.2) is 53.5 Å². The van der Waals surface area contributed by atoms with Gasteiger partial charge in [0, 0.05) is 23.7 Å². The summed E-state index contributed by atoms with van der Waals surface area (Å²) in [5, 5.41) is 3.46. The van der Waals surface area contributed by atoms with Gasteiger partial charge in [-0.3, -0.25) is 14.4 Å². The number of nitrogens with one attached hydrogen (secondary N) is 1. The van der Waals surface area contributed by atoms with E-state index < -0.39 is 5.91 Å². The van der Waals surface area contributed by atoms with Crippen LogP contribution in [0.4, 0.5) is 0 Å². The second kappa shape index (κ2) is 6.70. The van der Waals surface area contributed by atoms with E-state index in [1.807, 2.05) is 18.2 Å².